The summed E-state index contributed by atoms with van der Waals surface area (Å²) < 4.78 is 16.0. The third-order valence-corrected chi connectivity index (χ3v) is 38.7. The molecule has 12 bridgehead atoms. The molecule has 7 aromatic rings. The van der Waals surface area contributed by atoms with E-state index in [1.165, 1.54) is 141 Å². The molecule has 13 aliphatic carbocycles. The van der Waals surface area contributed by atoms with Gasteiger partial charge in [0.1, 0.15) is 27.2 Å². The van der Waals surface area contributed by atoms with Gasteiger partial charge in [-0.15, -0.1) is 0 Å². The molecule has 27 rings (SSSR count). The predicted octanol–water partition coefficient (Wildman–Crippen LogP) is 23.3. The van der Waals surface area contributed by atoms with E-state index in [-0.39, 0.29) is 51.1 Å². The monoisotopic (exact) mass is 1890 g/mol. The maximum Gasteiger partial charge on any atom is 0.317 e. The molecule has 12 saturated carbocycles. The minimum Gasteiger partial charge on any atom is -0.497 e. The first-order valence-corrected chi connectivity index (χ1v) is 52.4. The Labute approximate surface area is 813 Å². The number of ether oxygens (including phenoxy) is 3. The van der Waals surface area contributed by atoms with Crippen LogP contribution in [0, 0.1) is 71.0 Å². The average molecular weight is 1900 g/mol. The number of amides is 6. The molecule has 16 nitrogen and oxygen atoms in total. The molecule has 0 atom stereocenters. The fourth-order valence-electron chi connectivity index (χ4n) is 31.1. The van der Waals surface area contributed by atoms with Crippen molar-refractivity contribution in [2.45, 2.75) is 253 Å². The Morgan fingerprint density at radius 3 is 1.05 bits per heavy atom. The van der Waals surface area contributed by atoms with Crippen molar-refractivity contribution >= 4 is 98.9 Å². The first-order chi connectivity index (χ1) is 63.7. The number of hydrogen-bond donors (Lipinski definition) is 4. The van der Waals surface area contributed by atoms with Crippen LogP contribution in [0.15, 0.2) is 146 Å². The van der Waals surface area contributed by atoms with Crippen molar-refractivity contribution < 1.29 is 28.6 Å². The normalized spacial score (nSPS) is 30.2. The Hall–Kier alpha value is -7.39. The second-order valence-corrected chi connectivity index (χ2v) is 46.9. The SMILES string of the molecule is CC1(C)CC2(CCN(C(=O)NC3C4CC5CC(C4)CC3C5)CC2)c2c(Cl)cccc21.COc1ccc(CN2C(=S)c3cccc(Cl)c3C23CCN(C(=O)NC2C4CC5CC(C4)CC2C5)CC3)cc1.COc1ccc(CN2C(=S)c3cccc(Cl)c3C23CCNCC3)cc1.COc1ccc(CN2C(C)(C)c3cccc(Cl)c3C23CCN(C(=O)NC2C4CC5CC(C4)CC2C5)CC3)cc1. The van der Waals surface area contributed by atoms with Gasteiger partial charge in [-0.3, -0.25) is 4.90 Å². The highest BCUT2D eigenvalue weighted by Gasteiger charge is 2.60. The van der Waals surface area contributed by atoms with Gasteiger partial charge in [-0.05, 0) is 357 Å². The maximum atomic E-state index is 13.6. The fraction of sp³-hybridized carbons (Fsp3) is 0.573. The number of fused-ring (bicyclic) bond motifs is 8. The molecule has 7 aliphatic heterocycles. The number of urea groups is 3. The van der Waals surface area contributed by atoms with E-state index in [0.29, 0.717) is 61.4 Å². The minimum absolute atomic E-state index is 0.101. The van der Waals surface area contributed by atoms with E-state index in [2.05, 4.69) is 152 Å². The Bertz CT molecular complexity index is 5420. The number of piperidine rings is 4. The second kappa shape index (κ2) is 36.2. The lowest BCUT2D eigenvalue weighted by Gasteiger charge is -2.55. The Balaban J connectivity index is 0.000000108. The summed E-state index contributed by atoms with van der Waals surface area (Å²) in [5, 5.41) is 17.4. The summed E-state index contributed by atoms with van der Waals surface area (Å²) in [7, 11) is 5.08. The minimum atomic E-state index is -0.301. The summed E-state index contributed by atoms with van der Waals surface area (Å²) in [6, 6.07) is 51.5. The molecule has 0 aromatic heterocycles. The van der Waals surface area contributed by atoms with Crippen molar-refractivity contribution in [3.05, 3.63) is 227 Å². The van der Waals surface area contributed by atoms with Crippen LogP contribution in [-0.4, -0.2) is 149 Å². The molecule has 4 saturated heterocycles. The van der Waals surface area contributed by atoms with Crippen molar-refractivity contribution in [3.8, 4) is 17.2 Å². The van der Waals surface area contributed by atoms with Crippen LogP contribution in [0.5, 0.6) is 17.2 Å². The van der Waals surface area contributed by atoms with Gasteiger partial charge in [0.25, 0.3) is 0 Å². The summed E-state index contributed by atoms with van der Waals surface area (Å²) in [6.45, 7) is 18.2. The van der Waals surface area contributed by atoms with Gasteiger partial charge in [0, 0.05) is 130 Å². The average Bonchev–Trinajstić information content (AvgIpc) is 1.54. The van der Waals surface area contributed by atoms with E-state index >= 15 is 0 Å². The quantitative estimate of drug-likeness (QED) is 0.0864. The topological polar surface area (TPSA) is 146 Å². The number of benzene rings is 7. The number of halogens is 4. The third-order valence-electron chi connectivity index (χ3n) is 36.6. The molecular weight excluding hydrogens is 1760 g/mol. The Morgan fingerprint density at radius 2 is 0.682 bits per heavy atom. The van der Waals surface area contributed by atoms with Gasteiger partial charge in [-0.2, -0.15) is 0 Å². The molecule has 0 unspecified atom stereocenters. The zero-order valence-corrected chi connectivity index (χ0v) is 82.9. The number of methoxy groups -OCH3 is 3. The number of rotatable bonds is 12. The molecule has 700 valence electrons. The van der Waals surface area contributed by atoms with E-state index in [1.54, 1.807) is 21.3 Å². The van der Waals surface area contributed by atoms with Gasteiger partial charge >= 0.3 is 18.1 Å². The Kier molecular flexibility index (Phi) is 25.0. The van der Waals surface area contributed by atoms with Crippen molar-refractivity contribution in [1.82, 2.24) is 50.7 Å². The van der Waals surface area contributed by atoms with Crippen LogP contribution >= 0.6 is 70.8 Å². The van der Waals surface area contributed by atoms with Gasteiger partial charge in [-0.25, -0.2) is 14.4 Å². The molecule has 4 N–H and O–H groups in total. The van der Waals surface area contributed by atoms with Crippen LogP contribution in [0.25, 0.3) is 0 Å². The fourth-order valence-corrected chi connectivity index (χ4v) is 33.4. The van der Waals surface area contributed by atoms with E-state index in [0.717, 1.165) is 221 Å². The van der Waals surface area contributed by atoms with Crippen LogP contribution in [0.2, 0.25) is 20.1 Å². The van der Waals surface area contributed by atoms with E-state index in [9.17, 15) is 14.4 Å². The van der Waals surface area contributed by atoms with Crippen molar-refractivity contribution in [2.24, 2.45) is 71.0 Å². The molecule has 7 heterocycles. The molecule has 4 spiro atoms. The highest BCUT2D eigenvalue weighted by Crippen LogP contribution is 2.62. The van der Waals surface area contributed by atoms with Crippen LogP contribution in [-0.2, 0) is 52.6 Å². The highest BCUT2D eigenvalue weighted by molar-refractivity contribution is 7.81. The number of hydrogen-bond acceptors (Lipinski definition) is 10. The number of nitrogens with zero attached hydrogens (tertiary/aromatic N) is 6. The second-order valence-electron chi connectivity index (χ2n) is 44.5. The number of likely N-dealkylation sites (tertiary alicyclic amines) is 3. The summed E-state index contributed by atoms with van der Waals surface area (Å²) in [4.78, 5) is 55.8. The molecular formula is C110H134Cl4N10O6S2. The standard InChI is InChI=1S/C33H42ClN3O2.C31H36ClN3O2S.C26H35ClN2O.C20H21ClN2OS/c1-32(2)27-5-4-6-28(34)29(27)33(37(32)20-21-7-9-26(39-3)10-8-21)11-13-36(14-12-33)31(38)35-30-24-16-22-15-23(18-24)19-25(30)17-22;1-37-24-7-5-19(6-8-24)18-35-29(38)25-3-2-4-26(32)27(25)31(35)9-11-34(12-10-31)30(36)33-28-22-14-20-13-21(16-22)17-23(28)15-20;1-25(2)15-26(22-20(25)4-3-5-21(22)27)6-8-29(9-7-26)24(30)28-23-18-11-16-10-17(13-18)14-19(23)12-16;1-24-15-7-5-14(6-8-15)13-23-19(25)16-3-2-4-17(21)18(16)20(23)9-11-22-12-10-20/h4-10,22-25,30H,11-20H2,1-3H3,(H,35,38);2-8,20-23,28H,9-18H2,1H3,(H,33,36);3-5,16-19,23H,6-15H2,1-2H3,(H,28,30);2-8,22H,9-13H2,1H3. The zero-order chi connectivity index (χ0) is 91.1. The molecule has 16 fully saturated rings. The number of carbonyl (C=O) groups is 3. The van der Waals surface area contributed by atoms with Gasteiger partial charge in [0.2, 0.25) is 0 Å². The van der Waals surface area contributed by atoms with Crippen molar-refractivity contribution in [1.29, 1.82) is 0 Å². The molecule has 6 amide bonds. The van der Waals surface area contributed by atoms with Crippen LogP contribution in [0.3, 0.4) is 0 Å². The van der Waals surface area contributed by atoms with Gasteiger partial charge in [-0.1, -0.05) is 170 Å². The van der Waals surface area contributed by atoms with E-state index in [4.69, 9.17) is 85.1 Å². The van der Waals surface area contributed by atoms with E-state index < -0.39 is 0 Å². The maximum absolute atomic E-state index is 13.6. The predicted molar refractivity (Wildman–Crippen MR) is 535 cm³/mol. The van der Waals surface area contributed by atoms with Crippen LogP contribution in [0.1, 0.15) is 243 Å². The third kappa shape index (κ3) is 16.4. The van der Waals surface area contributed by atoms with E-state index in [1.807, 2.05) is 71.6 Å². The summed E-state index contributed by atoms with van der Waals surface area (Å²) in [6.07, 6.45) is 28.9. The molecule has 22 heteroatoms. The summed E-state index contributed by atoms with van der Waals surface area (Å²) in [5.41, 5.74) is 13.1. The summed E-state index contributed by atoms with van der Waals surface area (Å²) >= 11 is 39.2. The first kappa shape index (κ1) is 91.0. The molecule has 132 heavy (non-hydrogen) atoms. The first-order valence-electron chi connectivity index (χ1n) is 50.1. The number of nitrogens with one attached hydrogen (secondary N) is 4. The summed E-state index contributed by atoms with van der Waals surface area (Å²) in [5.74, 6) is 12.4. The van der Waals surface area contributed by atoms with Crippen LogP contribution in [0.4, 0.5) is 14.4 Å². The van der Waals surface area contributed by atoms with Crippen LogP contribution < -0.4 is 35.5 Å². The Morgan fingerprint density at radius 1 is 0.371 bits per heavy atom. The number of thiocarbonyl (C=S) groups is 2. The largest absolute Gasteiger partial charge is 0.497 e. The van der Waals surface area contributed by atoms with Gasteiger partial charge in [0.15, 0.2) is 0 Å². The number of carbonyl (C=O) groups excluding carboxylic acids is 3. The molecule has 0 radical (unpaired) electrons. The lowest BCUT2D eigenvalue weighted by atomic mass is 9.54. The van der Waals surface area contributed by atoms with Crippen molar-refractivity contribution in [2.75, 3.05) is 73.7 Å². The van der Waals surface area contributed by atoms with Crippen molar-refractivity contribution in [3.63, 3.8) is 0 Å². The lowest BCUT2D eigenvalue weighted by Crippen LogP contribution is -2.60. The smallest absolute Gasteiger partial charge is 0.317 e. The molecule has 7 aromatic carbocycles. The molecule has 20 aliphatic rings. The lowest BCUT2D eigenvalue weighted by molar-refractivity contribution is -0.0306. The van der Waals surface area contributed by atoms with Gasteiger partial charge in [0.05, 0.1) is 37.9 Å². The zero-order valence-electron chi connectivity index (χ0n) is 78.2. The van der Waals surface area contributed by atoms with Gasteiger partial charge < -0.3 is 60.0 Å². The highest BCUT2D eigenvalue weighted by atomic mass is 35.5.